The number of sulfone groups is 1. The average Bonchev–Trinajstić information content (AvgIpc) is 2.43. The molecule has 0 aromatic heterocycles. The second-order valence-corrected chi connectivity index (χ2v) is 8.83. The van der Waals surface area contributed by atoms with Crippen LogP contribution in [0.15, 0.2) is 29.3 Å². The van der Waals surface area contributed by atoms with E-state index in [2.05, 4.69) is 15.6 Å². The molecular weight excluding hydrogens is 453 g/mol. The summed E-state index contributed by atoms with van der Waals surface area (Å²) >= 11 is 0. The molecule has 0 radical (unpaired) electrons. The van der Waals surface area contributed by atoms with E-state index in [9.17, 15) is 8.42 Å². The number of nitrogens with zero attached hydrogens (tertiary/aromatic N) is 1. The maximum Gasteiger partial charge on any atom is 0.191 e. The van der Waals surface area contributed by atoms with Gasteiger partial charge in [0, 0.05) is 24.9 Å². The predicted octanol–water partition coefficient (Wildman–Crippen LogP) is 2.58. The summed E-state index contributed by atoms with van der Waals surface area (Å²) in [7, 11) is -2.99. The van der Waals surface area contributed by atoms with Crippen molar-refractivity contribution in [2.24, 2.45) is 4.99 Å². The molecule has 0 aliphatic heterocycles. The zero-order valence-electron chi connectivity index (χ0n) is 15.6. The lowest BCUT2D eigenvalue weighted by atomic mass is 10.1. The van der Waals surface area contributed by atoms with Crippen LogP contribution in [0.1, 0.15) is 33.3 Å². The lowest BCUT2D eigenvalue weighted by Crippen LogP contribution is -2.39. The smallest absolute Gasteiger partial charge is 0.191 e. The van der Waals surface area contributed by atoms with Crippen molar-refractivity contribution in [3.05, 3.63) is 29.8 Å². The Morgan fingerprint density at radius 3 is 2.40 bits per heavy atom. The molecule has 144 valence electrons. The molecule has 0 bridgehead atoms. The molecule has 1 aromatic rings. The van der Waals surface area contributed by atoms with Crippen LogP contribution in [0.5, 0.6) is 5.75 Å². The Balaban J connectivity index is 0.00000576. The first-order chi connectivity index (χ1) is 11.1. The second-order valence-electron chi connectivity index (χ2n) is 6.57. The van der Waals surface area contributed by atoms with Crippen molar-refractivity contribution in [3.8, 4) is 5.75 Å². The van der Waals surface area contributed by atoms with Gasteiger partial charge in [0.25, 0.3) is 0 Å². The van der Waals surface area contributed by atoms with Gasteiger partial charge in [-0.2, -0.15) is 0 Å². The van der Waals surface area contributed by atoms with Crippen LogP contribution in [-0.2, 0) is 16.4 Å². The quantitative estimate of drug-likeness (QED) is 0.354. The summed E-state index contributed by atoms with van der Waals surface area (Å²) in [6.07, 6.45) is 1.22. The summed E-state index contributed by atoms with van der Waals surface area (Å²) in [5.41, 5.74) is 0.700. The number of hydrogen-bond donors (Lipinski definition) is 2. The van der Waals surface area contributed by atoms with Gasteiger partial charge in [-0.15, -0.1) is 24.0 Å². The highest BCUT2D eigenvalue weighted by molar-refractivity contribution is 14.0. The SMILES string of the molecule is CCNC(=NCc1ccccc1OC(C)(C)C)NCCS(C)(=O)=O.I. The van der Waals surface area contributed by atoms with Crippen LogP contribution in [0.25, 0.3) is 0 Å². The first kappa shape index (κ1) is 24.0. The molecule has 0 unspecified atom stereocenters. The zero-order chi connectivity index (χ0) is 18.2. The van der Waals surface area contributed by atoms with E-state index in [0.717, 1.165) is 11.3 Å². The van der Waals surface area contributed by atoms with Crippen molar-refractivity contribution < 1.29 is 13.2 Å². The second kappa shape index (κ2) is 10.8. The lowest BCUT2D eigenvalue weighted by Gasteiger charge is -2.23. The van der Waals surface area contributed by atoms with Crippen LogP contribution in [0.4, 0.5) is 0 Å². The molecule has 1 aromatic carbocycles. The number of guanidine groups is 1. The van der Waals surface area contributed by atoms with Gasteiger partial charge in [-0.05, 0) is 33.8 Å². The monoisotopic (exact) mass is 483 g/mol. The molecule has 0 fully saturated rings. The van der Waals surface area contributed by atoms with Gasteiger partial charge >= 0.3 is 0 Å². The Labute approximate surface area is 168 Å². The van der Waals surface area contributed by atoms with E-state index in [0.29, 0.717) is 25.6 Å². The van der Waals surface area contributed by atoms with Gasteiger partial charge in [-0.25, -0.2) is 13.4 Å². The summed E-state index contributed by atoms with van der Waals surface area (Å²) in [6, 6.07) is 7.79. The average molecular weight is 483 g/mol. The molecule has 0 spiro atoms. The maximum atomic E-state index is 11.2. The van der Waals surface area contributed by atoms with Gasteiger partial charge in [-0.1, -0.05) is 18.2 Å². The van der Waals surface area contributed by atoms with Crippen molar-refractivity contribution in [3.63, 3.8) is 0 Å². The molecule has 0 amide bonds. The van der Waals surface area contributed by atoms with Gasteiger partial charge in [0.05, 0.1) is 12.3 Å². The van der Waals surface area contributed by atoms with Crippen LogP contribution >= 0.6 is 24.0 Å². The fourth-order valence-corrected chi connectivity index (χ4v) is 2.40. The molecule has 0 saturated carbocycles. The van der Waals surface area contributed by atoms with E-state index in [1.165, 1.54) is 6.26 Å². The van der Waals surface area contributed by atoms with E-state index in [1.807, 2.05) is 52.0 Å². The fourth-order valence-electron chi connectivity index (χ4n) is 1.92. The van der Waals surface area contributed by atoms with Crippen LogP contribution in [-0.4, -0.2) is 45.1 Å². The summed E-state index contributed by atoms with van der Waals surface area (Å²) in [5, 5.41) is 6.14. The van der Waals surface area contributed by atoms with Crippen LogP contribution in [0.3, 0.4) is 0 Å². The highest BCUT2D eigenvalue weighted by Gasteiger charge is 2.14. The Bertz CT molecular complexity index is 655. The molecule has 2 N–H and O–H groups in total. The summed E-state index contributed by atoms with van der Waals surface area (Å²) in [6.45, 7) is 9.44. The van der Waals surface area contributed by atoms with Gasteiger partial charge in [0.2, 0.25) is 0 Å². The Morgan fingerprint density at radius 2 is 1.84 bits per heavy atom. The summed E-state index contributed by atoms with van der Waals surface area (Å²) < 4.78 is 28.4. The van der Waals surface area contributed by atoms with Crippen molar-refractivity contribution in [2.45, 2.75) is 39.8 Å². The minimum absolute atomic E-state index is 0. The number of nitrogens with one attached hydrogen (secondary N) is 2. The largest absolute Gasteiger partial charge is 0.488 e. The number of para-hydroxylation sites is 1. The van der Waals surface area contributed by atoms with Crippen LogP contribution in [0.2, 0.25) is 0 Å². The number of rotatable bonds is 7. The van der Waals surface area contributed by atoms with E-state index < -0.39 is 9.84 Å². The molecule has 1 rings (SSSR count). The predicted molar refractivity (Wildman–Crippen MR) is 115 cm³/mol. The third-order valence-electron chi connectivity index (χ3n) is 2.91. The third kappa shape index (κ3) is 11.2. The van der Waals surface area contributed by atoms with Gasteiger partial charge in [0.1, 0.15) is 21.2 Å². The van der Waals surface area contributed by atoms with Gasteiger partial charge in [-0.3, -0.25) is 0 Å². The fraction of sp³-hybridized carbons (Fsp3) is 0.588. The molecule has 8 heteroatoms. The summed E-state index contributed by atoms with van der Waals surface area (Å²) in [4.78, 5) is 4.51. The van der Waals surface area contributed by atoms with E-state index >= 15 is 0 Å². The van der Waals surface area contributed by atoms with E-state index in [1.54, 1.807) is 0 Å². The number of aliphatic imine (C=N–C) groups is 1. The highest BCUT2D eigenvalue weighted by atomic mass is 127. The number of hydrogen-bond acceptors (Lipinski definition) is 4. The lowest BCUT2D eigenvalue weighted by molar-refractivity contribution is 0.129. The number of ether oxygens (including phenoxy) is 1. The Hall–Kier alpha value is -1.03. The van der Waals surface area contributed by atoms with Gasteiger partial charge < -0.3 is 15.4 Å². The van der Waals surface area contributed by atoms with Crippen LogP contribution in [0, 0.1) is 0 Å². The Kier molecular flexibility index (Phi) is 10.4. The molecule has 0 atom stereocenters. The minimum Gasteiger partial charge on any atom is -0.488 e. The standard InChI is InChI=1S/C17H29N3O3S.HI/c1-6-18-16(19-11-12-24(5,21)22)20-13-14-9-7-8-10-15(14)23-17(2,3)4;/h7-10H,6,11-13H2,1-5H3,(H2,18,19,20);1H. The first-order valence-electron chi connectivity index (χ1n) is 8.07. The van der Waals surface area contributed by atoms with E-state index in [-0.39, 0.29) is 35.3 Å². The van der Waals surface area contributed by atoms with Crippen molar-refractivity contribution in [2.75, 3.05) is 25.1 Å². The molecule has 0 heterocycles. The topological polar surface area (TPSA) is 79.8 Å². The molecule has 6 nitrogen and oxygen atoms in total. The minimum atomic E-state index is -2.99. The zero-order valence-corrected chi connectivity index (χ0v) is 18.8. The molecule has 0 aliphatic rings. The van der Waals surface area contributed by atoms with Crippen LogP contribution < -0.4 is 15.4 Å². The summed E-state index contributed by atoms with van der Waals surface area (Å²) in [5.74, 6) is 1.47. The van der Waals surface area contributed by atoms with E-state index in [4.69, 9.17) is 4.74 Å². The van der Waals surface area contributed by atoms with Crippen molar-refractivity contribution in [1.82, 2.24) is 10.6 Å². The van der Waals surface area contributed by atoms with Gasteiger partial charge in [0.15, 0.2) is 5.96 Å². The number of halogens is 1. The molecule has 0 saturated heterocycles. The molecular formula is C17H30IN3O3S. The highest BCUT2D eigenvalue weighted by Crippen LogP contribution is 2.23. The number of benzene rings is 1. The Morgan fingerprint density at radius 1 is 1.20 bits per heavy atom. The normalized spacial score (nSPS) is 12.3. The van der Waals surface area contributed by atoms with Crippen molar-refractivity contribution >= 4 is 39.8 Å². The third-order valence-corrected chi connectivity index (χ3v) is 3.85. The maximum absolute atomic E-state index is 11.2. The first-order valence-corrected chi connectivity index (χ1v) is 10.1. The molecule has 0 aliphatic carbocycles. The van der Waals surface area contributed by atoms with Crippen molar-refractivity contribution in [1.29, 1.82) is 0 Å². The molecule has 25 heavy (non-hydrogen) atoms.